The van der Waals surface area contributed by atoms with E-state index in [0.29, 0.717) is 5.56 Å². The van der Waals surface area contributed by atoms with Gasteiger partial charge in [-0.25, -0.2) is 9.97 Å². The molecule has 0 atom stereocenters. The smallest absolute Gasteiger partial charge is 0.256 e. The molecule has 0 radical (unpaired) electrons. The van der Waals surface area contributed by atoms with Crippen molar-refractivity contribution in [2.75, 3.05) is 31.1 Å². The van der Waals surface area contributed by atoms with Gasteiger partial charge in [-0.3, -0.25) is 4.79 Å². The van der Waals surface area contributed by atoms with Crippen LogP contribution < -0.4 is 4.90 Å². The van der Waals surface area contributed by atoms with Crippen LogP contribution in [-0.2, 0) is 6.42 Å². The minimum absolute atomic E-state index is 0.0721. The topological polar surface area (TPSA) is 49.3 Å². The molecule has 2 saturated heterocycles. The van der Waals surface area contributed by atoms with Crippen LogP contribution in [0.4, 0.5) is 5.95 Å². The fourth-order valence-electron chi connectivity index (χ4n) is 4.16. The van der Waals surface area contributed by atoms with Gasteiger partial charge in [-0.15, -0.1) is 0 Å². The lowest BCUT2D eigenvalue weighted by atomic mass is 9.90. The Balaban J connectivity index is 1.31. The van der Waals surface area contributed by atoms with Gasteiger partial charge in [-0.1, -0.05) is 30.3 Å². The van der Waals surface area contributed by atoms with Gasteiger partial charge < -0.3 is 9.80 Å². The van der Waals surface area contributed by atoms with Crippen molar-refractivity contribution in [1.29, 1.82) is 0 Å². The second-order valence-corrected chi connectivity index (χ2v) is 7.74. The van der Waals surface area contributed by atoms with Gasteiger partial charge in [0.25, 0.3) is 5.91 Å². The molecule has 1 aromatic heterocycles. The zero-order valence-corrected chi connectivity index (χ0v) is 15.9. The van der Waals surface area contributed by atoms with E-state index in [0.717, 1.165) is 70.1 Å². The minimum atomic E-state index is 0.0721. The molecule has 1 aromatic carbocycles. The van der Waals surface area contributed by atoms with Crippen molar-refractivity contribution in [3.8, 4) is 0 Å². The number of carbonyl (C=O) groups is 1. The van der Waals surface area contributed by atoms with Crippen LogP contribution in [0.25, 0.3) is 0 Å². The number of piperidine rings is 2. The highest BCUT2D eigenvalue weighted by molar-refractivity contribution is 5.93. The molecule has 2 fully saturated rings. The summed E-state index contributed by atoms with van der Waals surface area (Å²) in [4.78, 5) is 25.7. The Morgan fingerprint density at radius 2 is 1.59 bits per heavy atom. The van der Waals surface area contributed by atoms with E-state index in [1.54, 1.807) is 12.4 Å². The van der Waals surface area contributed by atoms with Crippen molar-refractivity contribution in [3.63, 3.8) is 0 Å². The van der Waals surface area contributed by atoms with Crippen molar-refractivity contribution < 1.29 is 4.79 Å². The third-order valence-electron chi connectivity index (χ3n) is 5.79. The lowest BCUT2D eigenvalue weighted by Gasteiger charge is -2.32. The maximum atomic E-state index is 12.5. The van der Waals surface area contributed by atoms with Crippen molar-refractivity contribution >= 4 is 11.9 Å². The highest BCUT2D eigenvalue weighted by Crippen LogP contribution is 2.24. The first-order valence-corrected chi connectivity index (χ1v) is 10.2. The third-order valence-corrected chi connectivity index (χ3v) is 5.79. The molecule has 0 aliphatic carbocycles. The SMILES string of the molecule is O=C(c1cnc(N2CCC(Cc3ccccc3)CC2)nc1)N1CCCCC1. The predicted octanol–water partition coefficient (Wildman–Crippen LogP) is 3.56. The molecule has 0 spiro atoms. The maximum Gasteiger partial charge on any atom is 0.256 e. The number of benzene rings is 1. The molecule has 2 aliphatic heterocycles. The second kappa shape index (κ2) is 8.51. The standard InChI is InChI=1S/C22H28N4O/c27-21(25-11-5-2-6-12-25)20-16-23-22(24-17-20)26-13-9-19(10-14-26)15-18-7-3-1-4-8-18/h1,3-4,7-8,16-17,19H,2,5-6,9-15H2. The molecular formula is C22H28N4O. The van der Waals surface area contributed by atoms with Crippen LogP contribution in [0.15, 0.2) is 42.7 Å². The first-order chi connectivity index (χ1) is 13.3. The molecular weight excluding hydrogens is 336 g/mol. The number of anilines is 1. The summed E-state index contributed by atoms with van der Waals surface area (Å²) in [5.41, 5.74) is 2.03. The van der Waals surface area contributed by atoms with Gasteiger partial charge in [-0.05, 0) is 50.0 Å². The lowest BCUT2D eigenvalue weighted by molar-refractivity contribution is 0.0723. The first-order valence-electron chi connectivity index (χ1n) is 10.2. The monoisotopic (exact) mass is 364 g/mol. The molecule has 0 unspecified atom stereocenters. The van der Waals surface area contributed by atoms with Crippen molar-refractivity contribution in [2.24, 2.45) is 5.92 Å². The van der Waals surface area contributed by atoms with E-state index in [1.165, 1.54) is 12.0 Å². The van der Waals surface area contributed by atoms with Crippen LogP contribution in [0.1, 0.15) is 48.0 Å². The molecule has 142 valence electrons. The Morgan fingerprint density at radius 1 is 0.926 bits per heavy atom. The summed E-state index contributed by atoms with van der Waals surface area (Å²) in [7, 11) is 0. The molecule has 5 nitrogen and oxygen atoms in total. The van der Waals surface area contributed by atoms with E-state index in [2.05, 4.69) is 45.2 Å². The average Bonchev–Trinajstić information content (AvgIpc) is 2.75. The number of hydrogen-bond donors (Lipinski definition) is 0. The summed E-state index contributed by atoms with van der Waals surface area (Å²) in [5, 5.41) is 0. The number of likely N-dealkylation sites (tertiary alicyclic amines) is 1. The van der Waals surface area contributed by atoms with Crippen LogP contribution in [0, 0.1) is 5.92 Å². The number of aromatic nitrogens is 2. The number of carbonyl (C=O) groups excluding carboxylic acids is 1. The molecule has 4 rings (SSSR count). The largest absolute Gasteiger partial charge is 0.341 e. The van der Waals surface area contributed by atoms with Crippen LogP contribution in [0.3, 0.4) is 0 Å². The van der Waals surface area contributed by atoms with Gasteiger partial charge in [0.15, 0.2) is 0 Å². The van der Waals surface area contributed by atoms with E-state index in [-0.39, 0.29) is 5.91 Å². The van der Waals surface area contributed by atoms with Gasteiger partial charge in [0.05, 0.1) is 5.56 Å². The Kier molecular flexibility index (Phi) is 5.66. The molecule has 3 heterocycles. The Hall–Kier alpha value is -2.43. The van der Waals surface area contributed by atoms with E-state index < -0.39 is 0 Å². The number of hydrogen-bond acceptors (Lipinski definition) is 4. The fraction of sp³-hybridized carbons (Fsp3) is 0.500. The highest BCUT2D eigenvalue weighted by Gasteiger charge is 2.22. The van der Waals surface area contributed by atoms with Crippen LogP contribution >= 0.6 is 0 Å². The zero-order valence-electron chi connectivity index (χ0n) is 15.9. The van der Waals surface area contributed by atoms with Gasteiger partial charge in [0.1, 0.15) is 0 Å². The van der Waals surface area contributed by atoms with Crippen molar-refractivity contribution in [3.05, 3.63) is 53.9 Å². The van der Waals surface area contributed by atoms with Gasteiger partial charge >= 0.3 is 0 Å². The average molecular weight is 364 g/mol. The van der Waals surface area contributed by atoms with E-state index in [9.17, 15) is 4.79 Å². The Bertz CT molecular complexity index is 733. The van der Waals surface area contributed by atoms with Crippen LogP contribution in [0.5, 0.6) is 0 Å². The van der Waals surface area contributed by atoms with Gasteiger partial charge in [-0.2, -0.15) is 0 Å². The van der Waals surface area contributed by atoms with Crippen LogP contribution in [0.2, 0.25) is 0 Å². The summed E-state index contributed by atoms with van der Waals surface area (Å²) in [6.07, 6.45) is 10.3. The molecule has 5 heteroatoms. The molecule has 27 heavy (non-hydrogen) atoms. The number of nitrogens with zero attached hydrogens (tertiary/aromatic N) is 4. The first kappa shape index (κ1) is 18.0. The van der Waals surface area contributed by atoms with E-state index in [1.807, 2.05) is 4.90 Å². The summed E-state index contributed by atoms with van der Waals surface area (Å²) >= 11 is 0. The summed E-state index contributed by atoms with van der Waals surface area (Å²) < 4.78 is 0. The lowest BCUT2D eigenvalue weighted by Crippen LogP contribution is -2.37. The Morgan fingerprint density at radius 3 is 2.26 bits per heavy atom. The summed E-state index contributed by atoms with van der Waals surface area (Å²) in [5.74, 6) is 1.55. The zero-order chi connectivity index (χ0) is 18.5. The van der Waals surface area contributed by atoms with Crippen molar-refractivity contribution in [1.82, 2.24) is 14.9 Å². The molecule has 0 bridgehead atoms. The van der Waals surface area contributed by atoms with E-state index >= 15 is 0 Å². The molecule has 0 N–H and O–H groups in total. The maximum absolute atomic E-state index is 12.5. The van der Waals surface area contributed by atoms with E-state index in [4.69, 9.17) is 0 Å². The molecule has 0 saturated carbocycles. The minimum Gasteiger partial charge on any atom is -0.341 e. The Labute approximate surface area is 161 Å². The normalized spacial score (nSPS) is 18.5. The van der Waals surface area contributed by atoms with Crippen molar-refractivity contribution in [2.45, 2.75) is 38.5 Å². The molecule has 2 aromatic rings. The fourth-order valence-corrected chi connectivity index (χ4v) is 4.16. The molecule has 2 aliphatic rings. The highest BCUT2D eigenvalue weighted by atomic mass is 16.2. The number of amides is 1. The number of rotatable bonds is 4. The summed E-state index contributed by atoms with van der Waals surface area (Å²) in [6, 6.07) is 10.7. The predicted molar refractivity (Wildman–Crippen MR) is 107 cm³/mol. The van der Waals surface area contributed by atoms with Gasteiger partial charge in [0, 0.05) is 38.6 Å². The van der Waals surface area contributed by atoms with Crippen LogP contribution in [-0.4, -0.2) is 47.0 Å². The molecule has 1 amide bonds. The van der Waals surface area contributed by atoms with Gasteiger partial charge in [0.2, 0.25) is 5.95 Å². The summed E-state index contributed by atoms with van der Waals surface area (Å²) in [6.45, 7) is 3.68. The second-order valence-electron chi connectivity index (χ2n) is 7.74. The quantitative estimate of drug-likeness (QED) is 0.832. The third kappa shape index (κ3) is 4.46.